The molecule has 7 nitrogen and oxygen atoms in total. The number of unbranched alkanes of at least 4 members (excludes halogenated alkanes) is 10. The highest BCUT2D eigenvalue weighted by Gasteiger charge is 2.16. The maximum atomic E-state index is 6.20. The molecule has 1 rings (SSSR count). The van der Waals surface area contributed by atoms with Gasteiger partial charge in [-0.3, -0.25) is 0 Å². The van der Waals surface area contributed by atoms with Gasteiger partial charge in [-0.1, -0.05) is 78.1 Å². The Bertz CT molecular complexity index is 379. The molecule has 7 heteroatoms. The molecular formula is C28H56O7. The fraction of sp³-hybridized carbons (Fsp3) is 1.00. The third-order valence-corrected chi connectivity index (χ3v) is 6.04. The van der Waals surface area contributed by atoms with Gasteiger partial charge in [0.05, 0.1) is 66.1 Å². The van der Waals surface area contributed by atoms with Crippen molar-refractivity contribution in [2.75, 3.05) is 79.3 Å². The number of rotatable bonds is 21. The van der Waals surface area contributed by atoms with E-state index in [4.69, 9.17) is 33.2 Å². The molecule has 0 bridgehead atoms. The van der Waals surface area contributed by atoms with Gasteiger partial charge in [0, 0.05) is 13.2 Å². The first-order valence-corrected chi connectivity index (χ1v) is 14.5. The summed E-state index contributed by atoms with van der Waals surface area (Å²) in [6.07, 6.45) is 14.9. The molecule has 0 spiro atoms. The molecule has 210 valence electrons. The Kier molecular flexibility index (Phi) is 25.1. The van der Waals surface area contributed by atoms with Gasteiger partial charge in [-0.05, 0) is 12.8 Å². The molecule has 1 aliphatic heterocycles. The Morgan fingerprint density at radius 2 is 1.09 bits per heavy atom. The molecule has 0 N–H and O–H groups in total. The van der Waals surface area contributed by atoms with Crippen molar-refractivity contribution in [3.63, 3.8) is 0 Å². The molecule has 1 heterocycles. The molecule has 1 atom stereocenters. The average molecular weight is 505 g/mol. The normalized spacial score (nSPS) is 18.4. The van der Waals surface area contributed by atoms with Crippen molar-refractivity contribution in [3.8, 4) is 0 Å². The molecule has 0 radical (unpaired) electrons. The Morgan fingerprint density at radius 1 is 0.600 bits per heavy atom. The maximum Gasteiger partial charge on any atom is 0.104 e. The highest BCUT2D eigenvalue weighted by Crippen LogP contribution is 2.08. The molecule has 0 aromatic carbocycles. The molecular weight excluding hydrogens is 448 g/mol. The Labute approximate surface area is 215 Å². The summed E-state index contributed by atoms with van der Waals surface area (Å²) in [6, 6.07) is 0. The molecule has 0 aromatic rings. The van der Waals surface area contributed by atoms with Crippen LogP contribution >= 0.6 is 0 Å². The predicted octanol–water partition coefficient (Wildman–Crippen LogP) is 5.57. The molecule has 1 fully saturated rings. The zero-order valence-electron chi connectivity index (χ0n) is 23.0. The first kappa shape index (κ1) is 32.7. The van der Waals surface area contributed by atoms with E-state index in [1.54, 1.807) is 0 Å². The van der Waals surface area contributed by atoms with Gasteiger partial charge >= 0.3 is 0 Å². The van der Waals surface area contributed by atoms with E-state index in [0.29, 0.717) is 66.1 Å². The minimum Gasteiger partial charge on any atom is -0.379 e. The third kappa shape index (κ3) is 22.6. The molecule has 1 saturated heterocycles. The van der Waals surface area contributed by atoms with Gasteiger partial charge in [-0.25, -0.2) is 0 Å². The second kappa shape index (κ2) is 26.8. The summed E-state index contributed by atoms with van der Waals surface area (Å²) < 4.78 is 40.8. The highest BCUT2D eigenvalue weighted by atomic mass is 16.6. The summed E-state index contributed by atoms with van der Waals surface area (Å²) >= 11 is 0. The van der Waals surface area contributed by atoms with E-state index in [9.17, 15) is 0 Å². The minimum absolute atomic E-state index is 0.0975. The average Bonchev–Trinajstić information content (AvgIpc) is 2.86. The summed E-state index contributed by atoms with van der Waals surface area (Å²) in [5.74, 6) is 0. The second-order valence-corrected chi connectivity index (χ2v) is 9.43. The van der Waals surface area contributed by atoms with Crippen LogP contribution < -0.4 is 0 Å². The lowest BCUT2D eigenvalue weighted by Gasteiger charge is -2.23. The molecule has 0 amide bonds. The number of hydrogen-bond donors (Lipinski definition) is 0. The van der Waals surface area contributed by atoms with E-state index in [2.05, 4.69) is 13.8 Å². The minimum atomic E-state index is -0.141. The lowest BCUT2D eigenvalue weighted by Crippen LogP contribution is -2.34. The van der Waals surface area contributed by atoms with Crippen molar-refractivity contribution in [1.29, 1.82) is 0 Å². The quantitative estimate of drug-likeness (QED) is 0.189. The van der Waals surface area contributed by atoms with Gasteiger partial charge in [0.15, 0.2) is 0 Å². The van der Waals surface area contributed by atoms with Gasteiger partial charge in [-0.2, -0.15) is 0 Å². The largest absolute Gasteiger partial charge is 0.379 e. The Hall–Kier alpha value is -0.280. The first-order chi connectivity index (χ1) is 17.4. The summed E-state index contributed by atoms with van der Waals surface area (Å²) in [6.45, 7) is 11.5. The van der Waals surface area contributed by atoms with Crippen molar-refractivity contribution in [2.45, 2.75) is 103 Å². The molecule has 0 aromatic heterocycles. The van der Waals surface area contributed by atoms with Crippen molar-refractivity contribution in [2.24, 2.45) is 0 Å². The van der Waals surface area contributed by atoms with Crippen LogP contribution in [0.1, 0.15) is 90.9 Å². The van der Waals surface area contributed by atoms with E-state index in [0.717, 1.165) is 26.1 Å². The van der Waals surface area contributed by atoms with Crippen LogP contribution in [0.5, 0.6) is 0 Å². The molecule has 0 aliphatic carbocycles. The molecule has 1 unspecified atom stereocenters. The molecule has 1 aliphatic rings. The Morgan fingerprint density at radius 3 is 1.66 bits per heavy atom. The molecule has 35 heavy (non-hydrogen) atoms. The fourth-order valence-electron chi connectivity index (χ4n) is 3.86. The summed E-state index contributed by atoms with van der Waals surface area (Å²) in [4.78, 5) is 0. The van der Waals surface area contributed by atoms with Gasteiger partial charge < -0.3 is 33.2 Å². The van der Waals surface area contributed by atoms with Crippen molar-refractivity contribution >= 4 is 0 Å². The van der Waals surface area contributed by atoms with Crippen LogP contribution in [0.15, 0.2) is 0 Å². The number of ether oxygens (including phenoxy) is 7. The topological polar surface area (TPSA) is 64.6 Å². The lowest BCUT2D eigenvalue weighted by molar-refractivity contribution is -0.121. The van der Waals surface area contributed by atoms with Crippen LogP contribution in [0.25, 0.3) is 0 Å². The summed E-state index contributed by atoms with van der Waals surface area (Å²) in [5.41, 5.74) is 0. The zero-order valence-corrected chi connectivity index (χ0v) is 23.0. The SMILES string of the molecule is CCCCCCCCOCC(COCCCCCCCC)OCC1COCCOCCOCCO1. The van der Waals surface area contributed by atoms with Crippen molar-refractivity contribution in [1.82, 2.24) is 0 Å². The van der Waals surface area contributed by atoms with Gasteiger partial charge in [0.2, 0.25) is 0 Å². The monoisotopic (exact) mass is 504 g/mol. The predicted molar refractivity (Wildman–Crippen MR) is 140 cm³/mol. The summed E-state index contributed by atoms with van der Waals surface area (Å²) in [5, 5.41) is 0. The standard InChI is InChI=1S/C28H56O7/c1-3-5-7-9-11-13-15-31-23-27(24-32-16-14-12-10-8-6-4-2)35-26-28-25-33-20-19-29-17-18-30-21-22-34-28/h27-28H,3-26H2,1-2H3. The first-order valence-electron chi connectivity index (χ1n) is 14.5. The molecule has 0 saturated carbocycles. The summed E-state index contributed by atoms with van der Waals surface area (Å²) in [7, 11) is 0. The van der Waals surface area contributed by atoms with Gasteiger partial charge in [0.1, 0.15) is 12.2 Å². The van der Waals surface area contributed by atoms with Gasteiger partial charge in [-0.15, -0.1) is 0 Å². The lowest BCUT2D eigenvalue weighted by atomic mass is 10.1. The van der Waals surface area contributed by atoms with Crippen LogP contribution in [0.4, 0.5) is 0 Å². The smallest absolute Gasteiger partial charge is 0.104 e. The van der Waals surface area contributed by atoms with E-state index in [-0.39, 0.29) is 12.2 Å². The maximum absolute atomic E-state index is 6.20. The van der Waals surface area contributed by atoms with Gasteiger partial charge in [0.25, 0.3) is 0 Å². The Balaban J connectivity index is 2.32. The third-order valence-electron chi connectivity index (χ3n) is 6.04. The van der Waals surface area contributed by atoms with Crippen molar-refractivity contribution in [3.05, 3.63) is 0 Å². The van der Waals surface area contributed by atoms with E-state index >= 15 is 0 Å². The van der Waals surface area contributed by atoms with Crippen molar-refractivity contribution < 1.29 is 33.2 Å². The highest BCUT2D eigenvalue weighted by molar-refractivity contribution is 4.62. The number of hydrogen-bond acceptors (Lipinski definition) is 7. The fourth-order valence-corrected chi connectivity index (χ4v) is 3.86. The van der Waals surface area contributed by atoms with Crippen LogP contribution in [0.2, 0.25) is 0 Å². The van der Waals surface area contributed by atoms with E-state index < -0.39 is 0 Å². The van der Waals surface area contributed by atoms with Crippen LogP contribution in [-0.4, -0.2) is 91.5 Å². The van der Waals surface area contributed by atoms with Crippen LogP contribution in [0.3, 0.4) is 0 Å². The van der Waals surface area contributed by atoms with Crippen LogP contribution in [0, 0.1) is 0 Å². The second-order valence-electron chi connectivity index (χ2n) is 9.43. The van der Waals surface area contributed by atoms with E-state index in [1.807, 2.05) is 0 Å². The zero-order chi connectivity index (χ0) is 25.1. The van der Waals surface area contributed by atoms with Crippen LogP contribution in [-0.2, 0) is 33.2 Å². The van der Waals surface area contributed by atoms with E-state index in [1.165, 1.54) is 64.2 Å².